The Labute approximate surface area is 414 Å². The van der Waals surface area contributed by atoms with Crippen LogP contribution in [0.4, 0.5) is 0 Å². The van der Waals surface area contributed by atoms with Crippen LogP contribution in [0.25, 0.3) is 0 Å². The fourth-order valence-corrected chi connectivity index (χ4v) is 8.82. The van der Waals surface area contributed by atoms with Crippen molar-refractivity contribution < 1.29 is 154 Å². The molecule has 33 nitrogen and oxygen atoms in total. The molecule has 73 heavy (non-hydrogen) atoms. The molecule has 5 fully saturated rings. The fourth-order valence-electron chi connectivity index (χ4n) is 8.82. The van der Waals surface area contributed by atoms with Gasteiger partial charge < -0.3 is 155 Å². The van der Waals surface area contributed by atoms with E-state index in [1.165, 1.54) is 0 Å². The average molecular weight is 1070 g/mol. The van der Waals surface area contributed by atoms with Gasteiger partial charge in [-0.3, -0.25) is 9.59 Å². The molecule has 29 atom stereocenters. The smallest absolute Gasteiger partial charge is 0.217 e. The number of hydrogen-bond acceptors (Lipinski definition) is 31. The van der Waals surface area contributed by atoms with E-state index in [2.05, 4.69) is 10.6 Å². The average Bonchev–Trinajstić information content (AvgIpc) is 3.36. The minimum Gasteiger partial charge on any atom is -0.394 e. The van der Waals surface area contributed by atoms with Crippen LogP contribution in [0.2, 0.25) is 0 Å². The molecular formula is C40H70N2O31. The molecule has 0 saturated carbocycles. The van der Waals surface area contributed by atoms with Gasteiger partial charge in [0.2, 0.25) is 11.8 Å². The van der Waals surface area contributed by atoms with Gasteiger partial charge in [0.15, 0.2) is 31.5 Å². The summed E-state index contributed by atoms with van der Waals surface area (Å²) in [5, 5.41) is 205. The van der Waals surface area contributed by atoms with Gasteiger partial charge in [-0.1, -0.05) is 0 Å². The van der Waals surface area contributed by atoms with E-state index in [1.54, 1.807) is 0 Å². The second-order valence-corrected chi connectivity index (χ2v) is 18.0. The summed E-state index contributed by atoms with van der Waals surface area (Å²) in [6.45, 7) is -4.96. The number of carbonyl (C=O) groups is 2. The Hall–Kier alpha value is -2.22. The van der Waals surface area contributed by atoms with Crippen LogP contribution >= 0.6 is 0 Å². The monoisotopic (exact) mass is 1070 g/mol. The van der Waals surface area contributed by atoms with Gasteiger partial charge in [-0.2, -0.15) is 0 Å². The first-order chi connectivity index (χ1) is 34.5. The highest BCUT2D eigenvalue weighted by molar-refractivity contribution is 5.73. The molecule has 21 N–H and O–H groups in total. The third kappa shape index (κ3) is 14.1. The van der Waals surface area contributed by atoms with Gasteiger partial charge in [0.05, 0.1) is 46.2 Å². The Morgan fingerprint density at radius 3 is 1.22 bits per heavy atom. The van der Waals surface area contributed by atoms with Gasteiger partial charge in [-0.15, -0.1) is 0 Å². The van der Waals surface area contributed by atoms with Gasteiger partial charge in [0, 0.05) is 13.8 Å². The maximum Gasteiger partial charge on any atom is 0.217 e. The summed E-state index contributed by atoms with van der Waals surface area (Å²) in [5.74, 6) is -1.68. The Morgan fingerprint density at radius 1 is 0.438 bits per heavy atom. The van der Waals surface area contributed by atoms with Crippen molar-refractivity contribution in [3.8, 4) is 0 Å². The molecule has 0 spiro atoms. The number of aliphatic hydroxyl groups excluding tert-OH is 19. The molecule has 33 heteroatoms. The first kappa shape index (κ1) is 61.6. The predicted octanol–water partition coefficient (Wildman–Crippen LogP) is -14.2. The first-order valence-corrected chi connectivity index (χ1v) is 23.0. The molecule has 0 bridgehead atoms. The van der Waals surface area contributed by atoms with Crippen molar-refractivity contribution in [3.63, 3.8) is 0 Å². The normalized spacial score (nSPS) is 45.2. The Kier molecular flexibility index (Phi) is 23.1. The fraction of sp³-hybridized carbons (Fsp3) is 0.950. The van der Waals surface area contributed by atoms with E-state index in [-0.39, 0.29) is 0 Å². The van der Waals surface area contributed by atoms with E-state index in [0.29, 0.717) is 0 Å². The number of ether oxygens (including phenoxy) is 10. The second kappa shape index (κ2) is 27.4. The van der Waals surface area contributed by atoms with Crippen LogP contribution in [0.1, 0.15) is 13.8 Å². The maximum absolute atomic E-state index is 12.5. The van der Waals surface area contributed by atoms with Gasteiger partial charge in [-0.25, -0.2) is 0 Å². The van der Waals surface area contributed by atoms with Crippen molar-refractivity contribution in [2.75, 3.05) is 46.2 Å². The van der Waals surface area contributed by atoms with Gasteiger partial charge in [0.25, 0.3) is 0 Å². The quantitative estimate of drug-likeness (QED) is 0.0479. The molecule has 0 aromatic heterocycles. The van der Waals surface area contributed by atoms with Crippen LogP contribution in [0, 0.1) is 0 Å². The highest BCUT2D eigenvalue weighted by Crippen LogP contribution is 2.35. The maximum atomic E-state index is 12.5. The minimum atomic E-state index is -2.33. The van der Waals surface area contributed by atoms with Crippen LogP contribution in [0.3, 0.4) is 0 Å². The Morgan fingerprint density at radius 2 is 0.808 bits per heavy atom. The van der Waals surface area contributed by atoms with Crippen LogP contribution in [-0.4, -0.2) is 333 Å². The standard InChI is InChI=1S/C40H70N2O31/c1-10(49)41-19-25(57)33(71-38-29(61)27(59)22(54)14(4-44)65-38)17(7-47)68-36(19)64-9-13(52)21(53)32(12(51)3-43)70-37-20(42-11(2)50)26(58)34(18(8-48)69-37)72-40-31(63)35(24(56)16(6-46)67-40)73-39-30(62)28(60)23(55)15(5-45)66-39/h12-40,43-48,51-63H,3-9H2,1-2H3,(H,41,49)(H,42,50)/t12-,13+,14+,15+,16+,17+,18+,19+,20+,21-,22-,23-,24-,25+,26+,27-,28-,29+,30+,31+,32+,33+,34+,35-,36+,37-,38-,39+,40-/m0/s1. The summed E-state index contributed by atoms with van der Waals surface area (Å²) in [4.78, 5) is 24.8. The molecule has 5 heterocycles. The predicted molar refractivity (Wildman–Crippen MR) is 225 cm³/mol. The van der Waals surface area contributed by atoms with Crippen LogP contribution in [0.15, 0.2) is 0 Å². The van der Waals surface area contributed by atoms with E-state index in [9.17, 15) is 107 Å². The summed E-state index contributed by atoms with van der Waals surface area (Å²) >= 11 is 0. The zero-order valence-corrected chi connectivity index (χ0v) is 39.1. The second-order valence-electron chi connectivity index (χ2n) is 18.0. The zero-order chi connectivity index (χ0) is 54.3. The number of nitrogens with one attached hydrogen (secondary N) is 2. The molecule has 2 amide bonds. The SMILES string of the molecule is CC(=O)N[C@H]1[C@H](OC[C@@H](O)[C@H](O)[C@H](O[C@@H]2O[C@H](CO)[C@@H](O[C@@H]3O[C@H](CO)[C@H](O)[C@H](O[C@H]4O[C@H](CO)[C@H](O)[C@H](O)[C@H]4O)[C@H]3O)[C@H](O)[C@H]2NC(C)=O)[C@@H](O)CO)O[C@H](CO)[C@@H](O[C@@H]2O[C@H](CO)[C@H](O)[C@H](O)[C@H]2O)[C@@H]1O. The molecule has 0 unspecified atom stereocenters. The highest BCUT2D eigenvalue weighted by Gasteiger charge is 2.56. The molecule has 0 aliphatic carbocycles. The van der Waals surface area contributed by atoms with Crippen LogP contribution in [-0.2, 0) is 57.0 Å². The summed E-state index contributed by atoms with van der Waals surface area (Å²) in [6, 6.07) is -3.47. The van der Waals surface area contributed by atoms with Crippen molar-refractivity contribution in [1.29, 1.82) is 0 Å². The third-order valence-electron chi connectivity index (χ3n) is 12.9. The lowest BCUT2D eigenvalue weighted by Crippen LogP contribution is -2.69. The van der Waals surface area contributed by atoms with Crippen molar-refractivity contribution in [1.82, 2.24) is 10.6 Å². The molecular weight excluding hydrogens is 1000 g/mol. The van der Waals surface area contributed by atoms with Gasteiger partial charge in [0.1, 0.15) is 146 Å². The number of aliphatic hydroxyl groups is 19. The van der Waals surface area contributed by atoms with E-state index in [4.69, 9.17) is 47.4 Å². The van der Waals surface area contributed by atoms with E-state index in [1.807, 2.05) is 0 Å². The lowest BCUT2D eigenvalue weighted by Gasteiger charge is -2.49. The number of carbonyl (C=O) groups excluding carboxylic acids is 2. The van der Waals surface area contributed by atoms with Crippen LogP contribution < -0.4 is 10.6 Å². The topological polar surface area (TPSA) is 535 Å². The van der Waals surface area contributed by atoms with Crippen molar-refractivity contribution >= 4 is 11.8 Å². The Balaban J connectivity index is 1.30. The van der Waals surface area contributed by atoms with E-state index >= 15 is 0 Å². The lowest BCUT2D eigenvalue weighted by atomic mass is 9.94. The molecule has 5 aliphatic heterocycles. The third-order valence-corrected chi connectivity index (χ3v) is 12.9. The Bertz CT molecular complexity index is 1700. The molecule has 426 valence electrons. The van der Waals surface area contributed by atoms with Crippen molar-refractivity contribution in [2.24, 2.45) is 0 Å². The molecule has 5 saturated heterocycles. The largest absolute Gasteiger partial charge is 0.394 e. The van der Waals surface area contributed by atoms with Crippen LogP contribution in [0.5, 0.6) is 0 Å². The number of rotatable bonds is 22. The summed E-state index contributed by atoms with van der Waals surface area (Å²) in [7, 11) is 0. The first-order valence-electron chi connectivity index (χ1n) is 23.0. The molecule has 0 aromatic rings. The number of amides is 2. The summed E-state index contributed by atoms with van der Waals surface area (Å²) in [5.41, 5.74) is 0. The van der Waals surface area contributed by atoms with E-state index in [0.717, 1.165) is 13.8 Å². The summed E-state index contributed by atoms with van der Waals surface area (Å²) in [6.07, 6.45) is -51.5. The highest BCUT2D eigenvalue weighted by atomic mass is 16.8. The number of hydrogen-bond donors (Lipinski definition) is 21. The van der Waals surface area contributed by atoms with Crippen molar-refractivity contribution in [2.45, 2.75) is 192 Å². The molecule has 0 aromatic carbocycles. The summed E-state index contributed by atoms with van der Waals surface area (Å²) < 4.78 is 56.1. The molecule has 5 aliphatic rings. The molecule has 0 radical (unpaired) electrons. The van der Waals surface area contributed by atoms with Gasteiger partial charge >= 0.3 is 0 Å². The van der Waals surface area contributed by atoms with Gasteiger partial charge in [-0.05, 0) is 0 Å². The molecule has 5 rings (SSSR count). The zero-order valence-electron chi connectivity index (χ0n) is 39.1. The van der Waals surface area contributed by atoms with E-state index < -0.39 is 236 Å². The minimum absolute atomic E-state index is 0.798. The lowest BCUT2D eigenvalue weighted by molar-refractivity contribution is -0.378. The van der Waals surface area contributed by atoms with Crippen molar-refractivity contribution in [3.05, 3.63) is 0 Å².